The van der Waals surface area contributed by atoms with Crippen molar-refractivity contribution in [2.24, 2.45) is 28.6 Å². The van der Waals surface area contributed by atoms with Crippen molar-refractivity contribution in [1.29, 1.82) is 0 Å². The van der Waals surface area contributed by atoms with Gasteiger partial charge in [-0.25, -0.2) is 0 Å². The summed E-state index contributed by atoms with van der Waals surface area (Å²) in [7, 11) is 2.12. The highest BCUT2D eigenvalue weighted by molar-refractivity contribution is 5.31. The maximum atomic E-state index is 10.3. The fourth-order valence-corrected chi connectivity index (χ4v) is 7.16. The van der Waals surface area contributed by atoms with Crippen LogP contribution in [0, 0.1) is 28.6 Å². The smallest absolute Gasteiger partial charge is 0.0727 e. The molecular formula is C22H35NO. The summed E-state index contributed by atoms with van der Waals surface area (Å²) >= 11 is 0. The summed E-state index contributed by atoms with van der Waals surface area (Å²) in [6.45, 7) is 6.98. The van der Waals surface area contributed by atoms with Gasteiger partial charge in [-0.1, -0.05) is 31.6 Å². The molecule has 0 aliphatic heterocycles. The zero-order valence-electron chi connectivity index (χ0n) is 15.9. The SMILES string of the molecule is CNC1CC[C@@]2(C)C(=CC[C@@H]3[C@@H]2CC[C@]2(C)C(C(C)O)=CC[C@@H]32)C1. The molecule has 0 radical (unpaired) electrons. The van der Waals surface area contributed by atoms with Crippen molar-refractivity contribution >= 4 is 0 Å². The molecule has 2 heteroatoms. The molecule has 2 saturated carbocycles. The van der Waals surface area contributed by atoms with Gasteiger partial charge < -0.3 is 10.4 Å². The molecule has 4 aliphatic rings. The fourth-order valence-electron chi connectivity index (χ4n) is 7.16. The van der Waals surface area contributed by atoms with E-state index in [0.717, 1.165) is 17.8 Å². The van der Waals surface area contributed by atoms with Gasteiger partial charge in [0.05, 0.1) is 6.10 Å². The third kappa shape index (κ3) is 2.22. The number of rotatable bonds is 2. The average molecular weight is 330 g/mol. The van der Waals surface area contributed by atoms with E-state index in [1.54, 1.807) is 5.57 Å². The number of hydrogen-bond acceptors (Lipinski definition) is 2. The zero-order chi connectivity index (χ0) is 17.1. The summed E-state index contributed by atoms with van der Waals surface area (Å²) in [6, 6.07) is 0.685. The van der Waals surface area contributed by atoms with E-state index in [4.69, 9.17) is 0 Å². The second kappa shape index (κ2) is 5.71. The Kier molecular flexibility index (Phi) is 4.01. The number of aliphatic hydroxyl groups excluding tert-OH is 1. The van der Waals surface area contributed by atoms with Crippen LogP contribution in [0.1, 0.15) is 65.7 Å². The Bertz CT molecular complexity index is 577. The largest absolute Gasteiger partial charge is 0.389 e. The minimum absolute atomic E-state index is 0.249. The highest BCUT2D eigenvalue weighted by Crippen LogP contribution is 2.65. The molecule has 0 aromatic carbocycles. The first-order valence-electron chi connectivity index (χ1n) is 10.2. The summed E-state index contributed by atoms with van der Waals surface area (Å²) in [5.41, 5.74) is 3.77. The number of aliphatic hydroxyl groups is 1. The number of hydrogen-bond donors (Lipinski definition) is 2. The van der Waals surface area contributed by atoms with Crippen LogP contribution in [-0.4, -0.2) is 24.3 Å². The van der Waals surface area contributed by atoms with Crippen molar-refractivity contribution in [2.45, 2.75) is 77.9 Å². The molecule has 2 unspecified atom stereocenters. The van der Waals surface area contributed by atoms with Gasteiger partial charge in [-0.05, 0) is 93.1 Å². The van der Waals surface area contributed by atoms with Crippen molar-refractivity contribution in [3.63, 3.8) is 0 Å². The standard InChI is InChI=1S/C22H35NO/c1-14(24)18-7-8-19-17-6-5-15-13-16(23-4)9-11-21(15,2)20(17)10-12-22(18,19)3/h5,7,14,16-17,19-20,23-24H,6,8-13H2,1-4H3/t14?,16?,17-,19-,20-,21-,22+/m0/s1. The van der Waals surface area contributed by atoms with Gasteiger partial charge in [0.2, 0.25) is 0 Å². The molecule has 0 spiro atoms. The van der Waals surface area contributed by atoms with Crippen LogP contribution in [-0.2, 0) is 0 Å². The molecule has 4 rings (SSSR count). The van der Waals surface area contributed by atoms with E-state index in [-0.39, 0.29) is 11.5 Å². The van der Waals surface area contributed by atoms with Crippen LogP contribution in [0.4, 0.5) is 0 Å². The number of allylic oxidation sites excluding steroid dienone is 2. The van der Waals surface area contributed by atoms with E-state index in [2.05, 4.69) is 38.4 Å². The molecule has 0 amide bonds. The van der Waals surface area contributed by atoms with Crippen molar-refractivity contribution in [2.75, 3.05) is 7.05 Å². The Morgan fingerprint density at radius 1 is 1.08 bits per heavy atom. The second-order valence-corrected chi connectivity index (χ2v) is 9.52. The molecule has 2 nitrogen and oxygen atoms in total. The van der Waals surface area contributed by atoms with Gasteiger partial charge in [0.25, 0.3) is 0 Å². The molecule has 0 bridgehead atoms. The van der Waals surface area contributed by atoms with E-state index in [9.17, 15) is 5.11 Å². The molecule has 0 aromatic rings. The third-order valence-electron chi connectivity index (χ3n) is 8.60. The number of fused-ring (bicyclic) bond motifs is 5. The molecule has 2 fully saturated rings. The monoisotopic (exact) mass is 329 g/mol. The van der Waals surface area contributed by atoms with Crippen LogP contribution >= 0.6 is 0 Å². The lowest BCUT2D eigenvalue weighted by Crippen LogP contribution is -2.51. The summed E-state index contributed by atoms with van der Waals surface area (Å²) < 4.78 is 0. The first-order chi connectivity index (χ1) is 11.4. The second-order valence-electron chi connectivity index (χ2n) is 9.52. The lowest BCUT2D eigenvalue weighted by atomic mass is 9.47. The van der Waals surface area contributed by atoms with Crippen LogP contribution in [0.25, 0.3) is 0 Å². The van der Waals surface area contributed by atoms with Crippen molar-refractivity contribution in [3.8, 4) is 0 Å². The molecule has 0 aromatic heterocycles. The Balaban J connectivity index is 1.63. The molecule has 0 saturated heterocycles. The molecule has 7 atom stereocenters. The number of nitrogens with one attached hydrogen (secondary N) is 1. The van der Waals surface area contributed by atoms with Crippen molar-refractivity contribution < 1.29 is 5.11 Å². The van der Waals surface area contributed by atoms with Crippen LogP contribution in [0.3, 0.4) is 0 Å². The average Bonchev–Trinajstić information content (AvgIpc) is 2.91. The molecule has 4 aliphatic carbocycles. The Hall–Kier alpha value is -0.600. The van der Waals surface area contributed by atoms with Crippen LogP contribution in [0.2, 0.25) is 0 Å². The maximum Gasteiger partial charge on any atom is 0.0727 e. The van der Waals surface area contributed by atoms with Crippen LogP contribution < -0.4 is 5.32 Å². The van der Waals surface area contributed by atoms with Gasteiger partial charge in [-0.15, -0.1) is 0 Å². The predicted octanol–water partition coefficient (Wildman–Crippen LogP) is 4.45. The zero-order valence-corrected chi connectivity index (χ0v) is 15.9. The van der Waals surface area contributed by atoms with E-state index in [1.807, 2.05) is 6.92 Å². The first-order valence-corrected chi connectivity index (χ1v) is 10.2. The van der Waals surface area contributed by atoms with E-state index in [0.29, 0.717) is 11.5 Å². The molecule has 24 heavy (non-hydrogen) atoms. The van der Waals surface area contributed by atoms with Crippen molar-refractivity contribution in [3.05, 3.63) is 23.3 Å². The van der Waals surface area contributed by atoms with Crippen LogP contribution in [0.15, 0.2) is 23.3 Å². The molecular weight excluding hydrogens is 294 g/mol. The van der Waals surface area contributed by atoms with Gasteiger partial charge in [0.15, 0.2) is 0 Å². The molecule has 134 valence electrons. The minimum Gasteiger partial charge on any atom is -0.389 e. The Labute approximate surface area is 147 Å². The lowest BCUT2D eigenvalue weighted by molar-refractivity contribution is -0.0245. The summed E-state index contributed by atoms with van der Waals surface area (Å²) in [5, 5.41) is 13.8. The topological polar surface area (TPSA) is 32.3 Å². The van der Waals surface area contributed by atoms with E-state index in [1.165, 1.54) is 50.5 Å². The summed E-state index contributed by atoms with van der Waals surface area (Å²) in [5.74, 6) is 2.42. The third-order valence-corrected chi connectivity index (χ3v) is 8.60. The normalized spacial score (nSPS) is 48.7. The predicted molar refractivity (Wildman–Crippen MR) is 99.7 cm³/mol. The quantitative estimate of drug-likeness (QED) is 0.733. The fraction of sp³-hybridized carbons (Fsp3) is 0.818. The minimum atomic E-state index is -0.270. The lowest BCUT2D eigenvalue weighted by Gasteiger charge is -2.58. The van der Waals surface area contributed by atoms with Gasteiger partial charge in [-0.3, -0.25) is 0 Å². The van der Waals surface area contributed by atoms with E-state index < -0.39 is 0 Å². The van der Waals surface area contributed by atoms with Crippen LogP contribution in [0.5, 0.6) is 0 Å². The van der Waals surface area contributed by atoms with E-state index >= 15 is 0 Å². The van der Waals surface area contributed by atoms with Gasteiger partial charge in [0, 0.05) is 6.04 Å². The molecule has 2 N–H and O–H groups in total. The van der Waals surface area contributed by atoms with Gasteiger partial charge >= 0.3 is 0 Å². The Morgan fingerprint density at radius 2 is 1.83 bits per heavy atom. The summed E-state index contributed by atoms with van der Waals surface area (Å²) in [6.07, 6.45) is 13.8. The first kappa shape index (κ1) is 16.8. The maximum absolute atomic E-state index is 10.3. The highest BCUT2D eigenvalue weighted by Gasteiger charge is 2.56. The summed E-state index contributed by atoms with van der Waals surface area (Å²) in [4.78, 5) is 0. The molecule has 0 heterocycles. The van der Waals surface area contributed by atoms with Gasteiger partial charge in [-0.2, -0.15) is 0 Å². The highest BCUT2D eigenvalue weighted by atomic mass is 16.3. The Morgan fingerprint density at radius 3 is 2.54 bits per heavy atom. The van der Waals surface area contributed by atoms with Gasteiger partial charge in [0.1, 0.15) is 0 Å². The van der Waals surface area contributed by atoms with Crippen molar-refractivity contribution in [1.82, 2.24) is 5.32 Å².